The Bertz CT molecular complexity index is 1440. The summed E-state index contributed by atoms with van der Waals surface area (Å²) in [7, 11) is -1.15. The predicted octanol–water partition coefficient (Wildman–Crippen LogP) is 6.42. The van der Waals surface area contributed by atoms with Crippen molar-refractivity contribution in [3.8, 4) is 11.1 Å². The molecule has 3 aromatic heterocycles. The minimum atomic E-state index is -4.52. The number of hydrogen-bond donors (Lipinski definition) is 1. The van der Waals surface area contributed by atoms with Gasteiger partial charge in [0.1, 0.15) is 12.1 Å². The number of halogens is 3. The summed E-state index contributed by atoms with van der Waals surface area (Å²) in [6.07, 6.45) is -0.961. The molecule has 0 saturated heterocycles. The van der Waals surface area contributed by atoms with Crippen molar-refractivity contribution in [2.75, 3.05) is 11.9 Å². The van der Waals surface area contributed by atoms with Gasteiger partial charge in [-0.15, -0.1) is 0 Å². The first kappa shape index (κ1) is 28.5. The van der Waals surface area contributed by atoms with E-state index in [1.807, 2.05) is 30.3 Å². The second-order valence-corrected chi connectivity index (χ2v) is 16.9. The summed E-state index contributed by atoms with van der Waals surface area (Å²) >= 11 is 0. The summed E-state index contributed by atoms with van der Waals surface area (Å²) < 4.78 is 52.0. The van der Waals surface area contributed by atoms with Gasteiger partial charge >= 0.3 is 6.18 Å². The molecule has 1 aromatic carbocycles. The maximum Gasteiger partial charge on any atom is 0.401 e. The summed E-state index contributed by atoms with van der Waals surface area (Å²) in [6, 6.07) is 11.6. The third-order valence-corrected chi connectivity index (χ3v) is 8.14. The van der Waals surface area contributed by atoms with Crippen LogP contribution in [0.4, 0.5) is 19.0 Å². The van der Waals surface area contributed by atoms with E-state index in [4.69, 9.17) is 9.26 Å². The molecule has 0 aliphatic rings. The lowest BCUT2D eigenvalue weighted by atomic mass is 9.89. The monoisotopic (exact) mass is 559 g/mol. The minimum absolute atomic E-state index is 0.0207. The largest absolute Gasteiger partial charge is 0.401 e. The van der Waals surface area contributed by atoms with E-state index >= 15 is 0 Å². The molecule has 208 valence electrons. The van der Waals surface area contributed by atoms with Crippen molar-refractivity contribution in [1.29, 1.82) is 0 Å². The molecule has 4 rings (SSSR count). The van der Waals surface area contributed by atoms with Crippen LogP contribution >= 0.6 is 0 Å². The Hall–Kier alpha value is -3.51. The number of carbonyl (C=O) groups excluding carboxylic acids is 1. The van der Waals surface area contributed by atoms with Crippen LogP contribution in [0.3, 0.4) is 0 Å². The number of pyridine rings is 1. The van der Waals surface area contributed by atoms with Crippen LogP contribution in [0.1, 0.15) is 25.2 Å². The number of nitrogens with zero attached hydrogens (tertiary/aromatic N) is 4. The van der Waals surface area contributed by atoms with Gasteiger partial charge in [-0.2, -0.15) is 18.3 Å². The molecule has 0 spiro atoms. The van der Waals surface area contributed by atoms with Crippen molar-refractivity contribution in [3.05, 3.63) is 60.1 Å². The number of fused-ring (bicyclic) bond motifs is 1. The highest BCUT2D eigenvalue weighted by atomic mass is 28.3. The van der Waals surface area contributed by atoms with Crippen molar-refractivity contribution in [2.24, 2.45) is 0 Å². The molecule has 0 saturated carbocycles. The molecule has 4 aromatic rings. The maximum absolute atomic E-state index is 13.2. The zero-order chi connectivity index (χ0) is 28.4. The van der Waals surface area contributed by atoms with Gasteiger partial charge in [-0.25, -0.2) is 9.67 Å². The van der Waals surface area contributed by atoms with E-state index in [1.54, 1.807) is 17.1 Å². The Morgan fingerprint density at radius 3 is 2.46 bits per heavy atom. The zero-order valence-electron chi connectivity index (χ0n) is 22.6. The molecule has 12 heteroatoms. The fourth-order valence-electron chi connectivity index (χ4n) is 3.71. The molecule has 8 nitrogen and oxygen atoms in total. The number of aromatic nitrogens is 4. The van der Waals surface area contributed by atoms with Gasteiger partial charge in [0.2, 0.25) is 5.91 Å². The Morgan fingerprint density at radius 1 is 1.08 bits per heavy atom. The van der Waals surface area contributed by atoms with Gasteiger partial charge in [-0.05, 0) is 37.1 Å². The van der Waals surface area contributed by atoms with Crippen LogP contribution in [0.15, 0.2) is 53.3 Å². The number of rotatable bonds is 10. The lowest BCUT2D eigenvalue weighted by Gasteiger charge is -2.24. The highest BCUT2D eigenvalue weighted by Gasteiger charge is 2.51. The zero-order valence-corrected chi connectivity index (χ0v) is 23.6. The molecular formula is C27H32F3N5O3Si. The summed E-state index contributed by atoms with van der Waals surface area (Å²) in [5.74, 6) is -0.861. The van der Waals surface area contributed by atoms with E-state index in [-0.39, 0.29) is 18.0 Å². The number of alkyl halides is 3. The van der Waals surface area contributed by atoms with Crippen molar-refractivity contribution < 1.29 is 27.2 Å². The molecule has 1 amide bonds. The highest BCUT2D eigenvalue weighted by Crippen LogP contribution is 2.41. The number of amides is 1. The SMILES string of the molecule is CC(C)(c1cc(NC(=O)Cc2ccc(-c3cnc4c(cnn4COCC[Si](C)(C)C)c3)cc2)no1)C(F)(F)F. The second-order valence-electron chi connectivity index (χ2n) is 11.2. The topological polar surface area (TPSA) is 95.1 Å². The molecule has 0 unspecified atom stereocenters. The highest BCUT2D eigenvalue weighted by molar-refractivity contribution is 6.76. The molecule has 0 fully saturated rings. The van der Waals surface area contributed by atoms with E-state index in [2.05, 4.69) is 40.2 Å². The van der Waals surface area contributed by atoms with E-state index in [1.165, 1.54) is 0 Å². The first-order valence-corrected chi connectivity index (χ1v) is 16.3. The minimum Gasteiger partial charge on any atom is -0.359 e. The average molecular weight is 560 g/mol. The van der Waals surface area contributed by atoms with Crippen molar-refractivity contribution in [2.45, 2.75) is 64.3 Å². The predicted molar refractivity (Wildman–Crippen MR) is 145 cm³/mol. The lowest BCUT2D eigenvalue weighted by Crippen LogP contribution is -2.35. The second kappa shape index (κ2) is 10.9. The van der Waals surface area contributed by atoms with Gasteiger partial charge in [0.25, 0.3) is 0 Å². The molecule has 0 bridgehead atoms. The third-order valence-electron chi connectivity index (χ3n) is 6.44. The summed E-state index contributed by atoms with van der Waals surface area (Å²) in [5.41, 5.74) is 1.07. The molecule has 1 N–H and O–H groups in total. The average Bonchev–Trinajstić information content (AvgIpc) is 3.48. The lowest BCUT2D eigenvalue weighted by molar-refractivity contribution is -0.185. The van der Waals surface area contributed by atoms with E-state index in [0.717, 1.165) is 53.7 Å². The first-order chi connectivity index (χ1) is 18.2. The molecule has 0 radical (unpaired) electrons. The Labute approximate surface area is 225 Å². The normalized spacial score (nSPS) is 12.7. The first-order valence-electron chi connectivity index (χ1n) is 12.6. The van der Waals surface area contributed by atoms with Crippen LogP contribution in [0.5, 0.6) is 0 Å². The number of hydrogen-bond acceptors (Lipinski definition) is 6. The Kier molecular flexibility index (Phi) is 7.98. The van der Waals surface area contributed by atoms with Gasteiger partial charge in [0.05, 0.1) is 12.6 Å². The smallest absolute Gasteiger partial charge is 0.359 e. The van der Waals surface area contributed by atoms with E-state index in [9.17, 15) is 18.0 Å². The molecule has 0 aliphatic heterocycles. The van der Waals surface area contributed by atoms with Crippen LogP contribution < -0.4 is 5.32 Å². The molecule has 3 heterocycles. The fourth-order valence-corrected chi connectivity index (χ4v) is 4.47. The van der Waals surface area contributed by atoms with Crippen LogP contribution in [-0.4, -0.2) is 46.7 Å². The van der Waals surface area contributed by atoms with Crippen molar-refractivity contribution in [1.82, 2.24) is 19.9 Å². The van der Waals surface area contributed by atoms with Crippen LogP contribution in [0.25, 0.3) is 22.2 Å². The molecule has 0 aliphatic carbocycles. The number of anilines is 1. The number of nitrogens with one attached hydrogen (secondary N) is 1. The Balaban J connectivity index is 1.35. The van der Waals surface area contributed by atoms with Gasteiger partial charge in [-0.3, -0.25) is 4.79 Å². The number of carbonyl (C=O) groups is 1. The van der Waals surface area contributed by atoms with Gasteiger partial charge in [-0.1, -0.05) is 49.1 Å². The standard InChI is InChI=1S/C27H32F3N5O3Si/c1-26(2,27(28,29)30)22-14-23(34-38-22)33-24(36)12-18-6-8-19(9-7-18)20-13-21-16-32-35(25(21)31-15-20)17-37-10-11-39(3,4)5/h6-9,13-16H,10-12,17H2,1-5H3,(H,33,34,36). The maximum atomic E-state index is 13.2. The van der Waals surface area contributed by atoms with Crippen molar-refractivity contribution in [3.63, 3.8) is 0 Å². The molecular weight excluding hydrogens is 527 g/mol. The van der Waals surface area contributed by atoms with Crippen LogP contribution in [-0.2, 0) is 28.1 Å². The van der Waals surface area contributed by atoms with Gasteiger partial charge in [0.15, 0.2) is 17.2 Å². The van der Waals surface area contributed by atoms with Gasteiger partial charge < -0.3 is 14.6 Å². The van der Waals surface area contributed by atoms with E-state index in [0.29, 0.717) is 13.3 Å². The number of ether oxygens (including phenoxy) is 1. The van der Waals surface area contributed by atoms with E-state index < -0.39 is 25.6 Å². The third kappa shape index (κ3) is 6.93. The molecule has 0 atom stereocenters. The van der Waals surface area contributed by atoms with Gasteiger partial charge in [0, 0.05) is 37.9 Å². The van der Waals surface area contributed by atoms with Crippen molar-refractivity contribution >= 4 is 30.8 Å². The number of benzene rings is 1. The van der Waals surface area contributed by atoms with Crippen LogP contribution in [0, 0.1) is 0 Å². The summed E-state index contributed by atoms with van der Waals surface area (Å²) in [4.78, 5) is 17.0. The molecule has 39 heavy (non-hydrogen) atoms. The quantitative estimate of drug-likeness (QED) is 0.178. The Morgan fingerprint density at radius 2 is 1.79 bits per heavy atom. The fraction of sp³-hybridized carbons (Fsp3) is 0.407. The van der Waals surface area contributed by atoms with Crippen LogP contribution in [0.2, 0.25) is 25.7 Å². The summed E-state index contributed by atoms with van der Waals surface area (Å²) in [6.45, 7) is 9.97. The summed E-state index contributed by atoms with van der Waals surface area (Å²) in [5, 5.41) is 11.3.